The summed E-state index contributed by atoms with van der Waals surface area (Å²) in [5, 5.41) is 1.26. The van der Waals surface area contributed by atoms with Gasteiger partial charge in [-0.15, -0.1) is 0 Å². The molecule has 0 radical (unpaired) electrons. The van der Waals surface area contributed by atoms with Crippen molar-refractivity contribution in [2.24, 2.45) is 7.05 Å². The maximum absolute atomic E-state index is 9.25. The van der Waals surface area contributed by atoms with Crippen molar-refractivity contribution in [3.8, 4) is 22.4 Å². The Bertz CT molecular complexity index is 2030. The summed E-state index contributed by atoms with van der Waals surface area (Å²) in [4.78, 5) is 3.62. The maximum atomic E-state index is 9.25. The van der Waals surface area contributed by atoms with Crippen molar-refractivity contribution in [1.82, 2.24) is 0 Å². The third-order valence-electron chi connectivity index (χ3n) is 7.42. The van der Waals surface area contributed by atoms with Crippen molar-refractivity contribution < 1.29 is 20.0 Å². The Balaban J connectivity index is 1.71. The largest absolute Gasteiger partial charge is 0.456 e. The highest BCUT2D eigenvalue weighted by Gasteiger charge is 2.27. The molecule has 1 fully saturated rings. The third-order valence-corrected chi connectivity index (χ3v) is 7.42. The summed E-state index contributed by atoms with van der Waals surface area (Å²) in [5.74, 6) is -0.916. The second-order valence-electron chi connectivity index (χ2n) is 9.47. The fraction of sp³-hybridized carbons (Fsp3) is 0.273. The molecule has 3 aromatic carbocycles. The first-order chi connectivity index (χ1) is 20.8. The second-order valence-corrected chi connectivity index (χ2v) is 9.47. The molecular weight excluding hydrogens is 440 g/mol. The molecule has 0 amide bonds. The van der Waals surface area contributed by atoms with Crippen LogP contribution in [-0.2, 0) is 7.05 Å². The van der Waals surface area contributed by atoms with Gasteiger partial charge in [0.15, 0.2) is 11.4 Å². The van der Waals surface area contributed by atoms with E-state index in [0.29, 0.717) is 46.0 Å². The fourth-order valence-corrected chi connectivity index (χ4v) is 5.43. The predicted octanol–water partition coefficient (Wildman–Crippen LogP) is 8.96. The molecule has 0 atom stereocenters. The average Bonchev–Trinajstić information content (AvgIpc) is 3.38. The Morgan fingerprint density at radius 3 is 2.33 bits per heavy atom. The molecule has 0 bridgehead atoms. The van der Waals surface area contributed by atoms with Crippen molar-refractivity contribution in [3.63, 3.8) is 0 Å². The number of furan rings is 1. The van der Waals surface area contributed by atoms with E-state index in [9.17, 15) is 2.74 Å². The molecule has 2 aromatic heterocycles. The Kier molecular flexibility index (Phi) is 3.80. The van der Waals surface area contributed by atoms with E-state index in [-0.39, 0.29) is 34.5 Å². The Labute approximate surface area is 224 Å². The monoisotopic (exact) mass is 479 g/mol. The topological polar surface area (TPSA) is 21.4 Å². The zero-order valence-corrected chi connectivity index (χ0v) is 20.6. The first-order valence-corrected chi connectivity index (χ1v) is 12.3. The van der Waals surface area contributed by atoms with Crippen LogP contribution in [0.2, 0.25) is 0 Å². The molecule has 0 spiro atoms. The quantitative estimate of drug-likeness (QED) is 0.187. The molecule has 3 nitrogen and oxygen atoms in total. The van der Waals surface area contributed by atoms with Crippen LogP contribution in [0.3, 0.4) is 0 Å². The molecule has 0 N–H and O–H groups in total. The van der Waals surface area contributed by atoms with Crippen LogP contribution < -0.4 is 4.57 Å². The third kappa shape index (κ3) is 3.52. The van der Waals surface area contributed by atoms with Crippen LogP contribution in [0.5, 0.6) is 0 Å². The molecule has 0 aliphatic heterocycles. The van der Waals surface area contributed by atoms with Crippen LogP contribution in [0.15, 0.2) is 71.0 Å². The number of nitrogens with zero attached hydrogens (tertiary/aromatic N) is 2. The summed E-state index contributed by atoms with van der Waals surface area (Å²) < 4.78 is 77.7. The molecule has 1 saturated carbocycles. The first-order valence-electron chi connectivity index (χ1n) is 16.3. The molecule has 178 valence electrons. The second kappa shape index (κ2) is 8.95. The molecule has 3 heteroatoms. The van der Waals surface area contributed by atoms with Crippen molar-refractivity contribution >= 4 is 27.6 Å². The summed E-state index contributed by atoms with van der Waals surface area (Å²) in [6.45, 7) is 11.6. The number of aromatic nitrogens is 1. The number of pyridine rings is 1. The fourth-order valence-electron chi connectivity index (χ4n) is 5.43. The highest BCUT2D eigenvalue weighted by molar-refractivity contribution is 6.15. The van der Waals surface area contributed by atoms with Crippen LogP contribution >= 0.6 is 0 Å². The molecule has 5 aromatic rings. The van der Waals surface area contributed by atoms with Crippen molar-refractivity contribution in [2.75, 3.05) is 0 Å². The van der Waals surface area contributed by atoms with Crippen LogP contribution in [0.25, 0.3) is 49.2 Å². The molecule has 0 saturated heterocycles. The van der Waals surface area contributed by atoms with Crippen molar-refractivity contribution in [1.29, 1.82) is 0 Å². The van der Waals surface area contributed by atoms with E-state index in [1.165, 1.54) is 0 Å². The van der Waals surface area contributed by atoms with E-state index in [4.69, 9.17) is 19.2 Å². The van der Waals surface area contributed by atoms with Gasteiger partial charge in [-0.3, -0.25) is 0 Å². The molecule has 1 aliphatic carbocycles. The normalized spacial score (nSPS) is 18.4. The van der Waals surface area contributed by atoms with E-state index < -0.39 is 36.1 Å². The Morgan fingerprint density at radius 2 is 1.61 bits per heavy atom. The van der Waals surface area contributed by atoms with Crippen molar-refractivity contribution in [3.05, 3.63) is 94.8 Å². The van der Waals surface area contributed by atoms with Gasteiger partial charge in [0.1, 0.15) is 18.2 Å². The van der Waals surface area contributed by atoms with E-state index in [1.807, 2.05) is 37.6 Å². The minimum absolute atomic E-state index is 0.00551. The lowest BCUT2D eigenvalue weighted by atomic mass is 9.83. The summed E-state index contributed by atoms with van der Waals surface area (Å²) in [6.07, 6.45) is 4.21. The zero-order chi connectivity index (χ0) is 31.8. The van der Waals surface area contributed by atoms with Crippen LogP contribution in [0, 0.1) is 20.4 Å². The van der Waals surface area contributed by atoms with Gasteiger partial charge in [0.2, 0.25) is 5.69 Å². The summed E-state index contributed by atoms with van der Waals surface area (Å²) in [7, 11) is 1.84. The standard InChI is InChI=1S/C33H31N2O/c1-21-15-16-26-27-17-19-28(34-3)31(24-13-9-6-10-14-24)33(27)36-32(26)30(21)29-20-18-25(22(2)35(29)4)23-11-7-5-8-12-23/h6,9-10,13-20,23H,5,7-8,11-12H2,1-2,4H3/q+1/i6D,9D,10D,13D,14D,18D,20D,23D. The van der Waals surface area contributed by atoms with E-state index in [0.717, 1.165) is 30.5 Å². The lowest BCUT2D eigenvalue weighted by molar-refractivity contribution is -0.667. The minimum Gasteiger partial charge on any atom is -0.456 e. The van der Waals surface area contributed by atoms with Gasteiger partial charge >= 0.3 is 0 Å². The average molecular weight is 480 g/mol. The molecule has 6 rings (SSSR count). The van der Waals surface area contributed by atoms with Gasteiger partial charge in [0.05, 0.1) is 21.7 Å². The van der Waals surface area contributed by atoms with Gasteiger partial charge < -0.3 is 4.42 Å². The van der Waals surface area contributed by atoms with Crippen LogP contribution in [0.1, 0.15) is 65.8 Å². The van der Waals surface area contributed by atoms with Gasteiger partial charge in [-0.05, 0) is 42.8 Å². The van der Waals surface area contributed by atoms with Crippen LogP contribution in [0.4, 0.5) is 5.69 Å². The molecule has 1 aliphatic rings. The number of fused-ring (bicyclic) bond motifs is 3. The number of hydrogen-bond donors (Lipinski definition) is 0. The van der Waals surface area contributed by atoms with E-state index >= 15 is 0 Å². The SMILES string of the molecule is [2H]c1c([2H])c([2H])c(-c2c([N+]#[C-])ccc3c2oc2c(-c4c([2H])c([2H])c(C5([2H])CCCCC5)c(C)[n+]4C)c(C)ccc23)c([2H])c1[2H]. The van der Waals surface area contributed by atoms with Crippen LogP contribution in [-0.4, -0.2) is 0 Å². The number of rotatable bonds is 3. The molecule has 0 unspecified atom stereocenters. The van der Waals surface area contributed by atoms with Crippen molar-refractivity contribution in [2.45, 2.75) is 51.8 Å². The first kappa shape index (κ1) is 15.3. The number of aryl methyl sites for hydroxylation is 1. The Hall–Kier alpha value is -3.90. The van der Waals surface area contributed by atoms with Gasteiger partial charge in [0.25, 0.3) is 0 Å². The summed E-state index contributed by atoms with van der Waals surface area (Å²) in [5.41, 5.74) is 3.89. The van der Waals surface area contributed by atoms with E-state index in [1.54, 1.807) is 12.1 Å². The van der Waals surface area contributed by atoms with Gasteiger partial charge in [-0.25, -0.2) is 4.85 Å². The zero-order valence-electron chi connectivity index (χ0n) is 28.6. The molecule has 36 heavy (non-hydrogen) atoms. The highest BCUT2D eigenvalue weighted by atomic mass is 16.3. The number of hydrogen-bond acceptors (Lipinski definition) is 1. The lowest BCUT2D eigenvalue weighted by Gasteiger charge is -2.22. The van der Waals surface area contributed by atoms with E-state index in [2.05, 4.69) is 4.85 Å². The lowest BCUT2D eigenvalue weighted by Crippen LogP contribution is -2.36. The minimum atomic E-state index is -0.916. The van der Waals surface area contributed by atoms with Gasteiger partial charge in [-0.1, -0.05) is 73.7 Å². The predicted molar refractivity (Wildman–Crippen MR) is 147 cm³/mol. The highest BCUT2D eigenvalue weighted by Crippen LogP contribution is 2.44. The number of benzene rings is 3. The maximum Gasteiger partial charge on any atom is 0.216 e. The molecule has 2 heterocycles. The smallest absolute Gasteiger partial charge is 0.216 e. The molecular formula is C33H31N2O+. The summed E-state index contributed by atoms with van der Waals surface area (Å²) in [6, 6.07) is 4.71. The van der Waals surface area contributed by atoms with Gasteiger partial charge in [-0.2, -0.15) is 4.57 Å². The van der Waals surface area contributed by atoms with Gasteiger partial charge in [0, 0.05) is 36.2 Å². The Morgan fingerprint density at radius 1 is 0.917 bits per heavy atom. The summed E-state index contributed by atoms with van der Waals surface area (Å²) >= 11 is 0.